The Bertz CT molecular complexity index is 303. The van der Waals surface area contributed by atoms with Crippen molar-refractivity contribution in [1.29, 1.82) is 0 Å². The lowest BCUT2D eigenvalue weighted by Gasteiger charge is -2.05. The first-order valence-electron chi connectivity index (χ1n) is 5.23. The summed E-state index contributed by atoms with van der Waals surface area (Å²) in [5, 5.41) is 3.82. The maximum Gasteiger partial charge on any atom is 0.227 e. The molecule has 1 aromatic rings. The van der Waals surface area contributed by atoms with Gasteiger partial charge in [-0.05, 0) is 5.92 Å². The molecule has 6 heteroatoms. The van der Waals surface area contributed by atoms with E-state index in [1.807, 2.05) is 0 Å². The van der Waals surface area contributed by atoms with Crippen molar-refractivity contribution in [2.45, 2.75) is 19.4 Å². The fraction of sp³-hybridized carbons (Fsp3) is 0.800. The monoisotopic (exact) mass is 229 g/mol. The minimum Gasteiger partial charge on any atom is -0.384 e. The number of methoxy groups -OCH3 is 2. The molecule has 0 aliphatic heterocycles. The summed E-state index contributed by atoms with van der Waals surface area (Å²) in [6.07, 6.45) is 0.695. The predicted molar refractivity (Wildman–Crippen MR) is 57.8 cm³/mol. The smallest absolute Gasteiger partial charge is 0.227 e. The molecule has 6 nitrogen and oxygen atoms in total. The maximum absolute atomic E-state index is 5.77. The molecule has 0 saturated carbocycles. The molecule has 1 rings (SSSR count). The van der Waals surface area contributed by atoms with Crippen LogP contribution in [0.1, 0.15) is 24.7 Å². The molecular weight excluding hydrogens is 210 g/mol. The highest BCUT2D eigenvalue weighted by Crippen LogP contribution is 2.10. The molecule has 16 heavy (non-hydrogen) atoms. The number of hydrogen-bond donors (Lipinski definition) is 1. The van der Waals surface area contributed by atoms with E-state index >= 15 is 0 Å². The second-order valence-electron chi connectivity index (χ2n) is 3.87. The number of nitrogens with zero attached hydrogens (tertiary/aromatic N) is 2. The first-order valence-corrected chi connectivity index (χ1v) is 5.23. The Kier molecular flexibility index (Phi) is 5.37. The van der Waals surface area contributed by atoms with E-state index in [0.717, 1.165) is 0 Å². The topological polar surface area (TPSA) is 83.4 Å². The van der Waals surface area contributed by atoms with Crippen LogP contribution in [0.5, 0.6) is 0 Å². The number of rotatable bonds is 7. The first kappa shape index (κ1) is 13.1. The van der Waals surface area contributed by atoms with Gasteiger partial charge in [0.2, 0.25) is 5.89 Å². The molecule has 0 bridgehead atoms. The van der Waals surface area contributed by atoms with Crippen LogP contribution in [-0.4, -0.2) is 37.6 Å². The van der Waals surface area contributed by atoms with Gasteiger partial charge in [0.05, 0.1) is 12.6 Å². The molecule has 0 aromatic carbocycles. The van der Waals surface area contributed by atoms with Gasteiger partial charge in [0, 0.05) is 27.2 Å². The van der Waals surface area contributed by atoms with Crippen LogP contribution < -0.4 is 5.73 Å². The summed E-state index contributed by atoms with van der Waals surface area (Å²) in [5.41, 5.74) is 5.77. The largest absolute Gasteiger partial charge is 0.384 e. The summed E-state index contributed by atoms with van der Waals surface area (Å²) in [4.78, 5) is 4.21. The zero-order chi connectivity index (χ0) is 12.0. The van der Waals surface area contributed by atoms with Gasteiger partial charge < -0.3 is 19.7 Å². The Labute approximate surface area is 95.1 Å². The van der Waals surface area contributed by atoms with E-state index in [4.69, 9.17) is 19.7 Å². The van der Waals surface area contributed by atoms with E-state index in [-0.39, 0.29) is 6.04 Å². The molecule has 92 valence electrons. The molecule has 0 aliphatic rings. The van der Waals surface area contributed by atoms with E-state index in [1.165, 1.54) is 0 Å². The Hall–Kier alpha value is -0.980. The van der Waals surface area contributed by atoms with Crippen LogP contribution in [0.4, 0.5) is 0 Å². The van der Waals surface area contributed by atoms with Crippen molar-refractivity contribution < 1.29 is 14.0 Å². The van der Waals surface area contributed by atoms with Gasteiger partial charge in [-0.2, -0.15) is 4.98 Å². The Morgan fingerprint density at radius 3 is 2.62 bits per heavy atom. The van der Waals surface area contributed by atoms with Crippen LogP contribution in [0, 0.1) is 5.92 Å². The summed E-state index contributed by atoms with van der Waals surface area (Å²) < 4.78 is 15.1. The molecule has 0 saturated heterocycles. The SMILES string of the molecule is COCC(C)Cc1nc(C(N)COC)no1. The summed E-state index contributed by atoms with van der Waals surface area (Å²) in [6, 6.07) is -0.333. The van der Waals surface area contributed by atoms with Gasteiger partial charge in [-0.25, -0.2) is 0 Å². The third kappa shape index (κ3) is 3.88. The normalized spacial score (nSPS) is 15.0. The Morgan fingerprint density at radius 1 is 1.31 bits per heavy atom. The summed E-state index contributed by atoms with van der Waals surface area (Å²) in [6.45, 7) is 3.11. The lowest BCUT2D eigenvalue weighted by atomic mass is 10.1. The van der Waals surface area contributed by atoms with Gasteiger partial charge in [0.15, 0.2) is 5.82 Å². The van der Waals surface area contributed by atoms with Gasteiger partial charge in [-0.15, -0.1) is 0 Å². The second-order valence-corrected chi connectivity index (χ2v) is 3.87. The second kappa shape index (κ2) is 6.57. The van der Waals surface area contributed by atoms with Crippen molar-refractivity contribution in [3.63, 3.8) is 0 Å². The molecule has 2 N–H and O–H groups in total. The average molecular weight is 229 g/mol. The van der Waals surface area contributed by atoms with Crippen LogP contribution >= 0.6 is 0 Å². The molecule has 2 atom stereocenters. The molecule has 0 amide bonds. The van der Waals surface area contributed by atoms with Crippen LogP contribution in [-0.2, 0) is 15.9 Å². The zero-order valence-electron chi connectivity index (χ0n) is 9.97. The van der Waals surface area contributed by atoms with E-state index in [1.54, 1.807) is 14.2 Å². The molecular formula is C10H19N3O3. The zero-order valence-corrected chi connectivity index (χ0v) is 9.97. The fourth-order valence-corrected chi connectivity index (χ4v) is 1.40. The first-order chi connectivity index (χ1) is 7.67. The van der Waals surface area contributed by atoms with Crippen LogP contribution in [0.25, 0.3) is 0 Å². The van der Waals surface area contributed by atoms with Gasteiger partial charge in [0.25, 0.3) is 0 Å². The molecule has 0 radical (unpaired) electrons. The number of hydrogen-bond acceptors (Lipinski definition) is 6. The summed E-state index contributed by atoms with van der Waals surface area (Å²) in [5.74, 6) is 1.42. The summed E-state index contributed by atoms with van der Waals surface area (Å²) in [7, 11) is 3.26. The lowest BCUT2D eigenvalue weighted by Crippen LogP contribution is -2.17. The minimum absolute atomic E-state index is 0.333. The third-order valence-corrected chi connectivity index (χ3v) is 2.14. The van der Waals surface area contributed by atoms with Crippen molar-refractivity contribution in [2.75, 3.05) is 27.4 Å². The predicted octanol–water partition coefficient (Wildman–Crippen LogP) is 0.541. The van der Waals surface area contributed by atoms with Crippen LogP contribution in [0.15, 0.2) is 4.52 Å². The number of aromatic nitrogens is 2. The highest BCUT2D eigenvalue weighted by molar-refractivity contribution is 4.93. The molecule has 1 aromatic heterocycles. The average Bonchev–Trinajstić information content (AvgIpc) is 2.67. The number of nitrogens with two attached hydrogens (primary N) is 1. The third-order valence-electron chi connectivity index (χ3n) is 2.14. The molecule has 1 heterocycles. The van der Waals surface area contributed by atoms with Gasteiger partial charge >= 0.3 is 0 Å². The van der Waals surface area contributed by atoms with Gasteiger partial charge in [-0.3, -0.25) is 0 Å². The van der Waals surface area contributed by atoms with Gasteiger partial charge in [-0.1, -0.05) is 12.1 Å². The molecule has 0 fully saturated rings. The molecule has 2 unspecified atom stereocenters. The lowest BCUT2D eigenvalue weighted by molar-refractivity contribution is 0.154. The minimum atomic E-state index is -0.333. The van der Waals surface area contributed by atoms with E-state index < -0.39 is 0 Å². The van der Waals surface area contributed by atoms with Crippen LogP contribution in [0.2, 0.25) is 0 Å². The van der Waals surface area contributed by atoms with E-state index in [9.17, 15) is 0 Å². The van der Waals surface area contributed by atoms with Crippen molar-refractivity contribution >= 4 is 0 Å². The molecule has 0 spiro atoms. The quantitative estimate of drug-likeness (QED) is 0.734. The maximum atomic E-state index is 5.77. The van der Waals surface area contributed by atoms with Crippen molar-refractivity contribution in [3.05, 3.63) is 11.7 Å². The standard InChI is InChI=1S/C10H19N3O3/c1-7(5-14-2)4-9-12-10(13-16-9)8(11)6-15-3/h7-8H,4-6,11H2,1-3H3. The van der Waals surface area contributed by atoms with E-state index in [0.29, 0.717) is 37.3 Å². The van der Waals surface area contributed by atoms with Gasteiger partial charge in [0.1, 0.15) is 0 Å². The molecule has 0 aliphatic carbocycles. The van der Waals surface area contributed by atoms with Crippen molar-refractivity contribution in [3.8, 4) is 0 Å². The number of ether oxygens (including phenoxy) is 2. The fourth-order valence-electron chi connectivity index (χ4n) is 1.40. The van der Waals surface area contributed by atoms with E-state index in [2.05, 4.69) is 17.1 Å². The van der Waals surface area contributed by atoms with Crippen molar-refractivity contribution in [2.24, 2.45) is 11.7 Å². The van der Waals surface area contributed by atoms with Crippen molar-refractivity contribution in [1.82, 2.24) is 10.1 Å². The highest BCUT2D eigenvalue weighted by atomic mass is 16.5. The Morgan fingerprint density at radius 2 is 2.00 bits per heavy atom. The summed E-state index contributed by atoms with van der Waals surface area (Å²) >= 11 is 0. The Balaban J connectivity index is 2.50. The highest BCUT2D eigenvalue weighted by Gasteiger charge is 2.15. The van der Waals surface area contributed by atoms with Crippen LogP contribution in [0.3, 0.4) is 0 Å².